The first-order valence-electron chi connectivity index (χ1n) is 8.55. The van der Waals surface area contributed by atoms with Crippen LogP contribution >= 0.6 is 0 Å². The fourth-order valence-electron chi connectivity index (χ4n) is 3.19. The molecule has 1 aliphatic heterocycles. The van der Waals surface area contributed by atoms with E-state index < -0.39 is 20.5 Å². The monoisotopic (exact) mass is 394 g/mol. The number of benzene rings is 2. The summed E-state index contributed by atoms with van der Waals surface area (Å²) in [5.41, 5.74) is 2.58. The minimum Gasteiger partial charge on any atom is -0.359 e. The molecule has 0 saturated heterocycles. The van der Waals surface area contributed by atoms with Gasteiger partial charge in [0.15, 0.2) is 0 Å². The number of carbonyl (C=O) groups excluding carboxylic acids is 1. The molecule has 0 aliphatic carbocycles. The highest BCUT2D eigenvalue weighted by atomic mass is 32.2. The number of para-hydroxylation sites is 1. The van der Waals surface area contributed by atoms with E-state index >= 15 is 0 Å². The maximum atomic E-state index is 12.6. The summed E-state index contributed by atoms with van der Waals surface area (Å²) >= 11 is 0. The summed E-state index contributed by atoms with van der Waals surface area (Å²) in [4.78, 5) is 14.0. The van der Waals surface area contributed by atoms with E-state index in [0.29, 0.717) is 5.69 Å². The minimum atomic E-state index is -4.64. The van der Waals surface area contributed by atoms with Gasteiger partial charge in [-0.15, -0.1) is 0 Å². The molecule has 2 aromatic carbocycles. The van der Waals surface area contributed by atoms with Gasteiger partial charge in [0.05, 0.1) is 11.4 Å². The second-order valence-electron chi connectivity index (χ2n) is 6.52. The molecule has 0 bridgehead atoms. The molecule has 0 fully saturated rings. The molecule has 1 aliphatic rings. The van der Waals surface area contributed by atoms with Crippen LogP contribution in [0, 0.1) is 0 Å². The molecule has 5 nitrogen and oxygen atoms in total. The average Bonchev–Trinajstić information content (AvgIpc) is 2.64. The first-order chi connectivity index (χ1) is 12.8. The highest BCUT2D eigenvalue weighted by Crippen LogP contribution is 2.30. The Morgan fingerprint density at radius 1 is 1.19 bits per heavy atom. The van der Waals surface area contributed by atoms with Gasteiger partial charge in [0.1, 0.15) is 0 Å². The molecule has 1 amide bonds. The van der Waals surface area contributed by atoms with Gasteiger partial charge < -0.3 is 10.2 Å². The Bertz CT molecular complexity index is 930. The highest BCUT2D eigenvalue weighted by Gasteiger charge is 2.27. The molecule has 1 N–H and O–H groups in total. The van der Waals surface area contributed by atoms with E-state index in [4.69, 9.17) is 0 Å². The number of amides is 1. The van der Waals surface area contributed by atoms with Crippen molar-refractivity contribution in [1.82, 2.24) is 0 Å². The molecule has 27 heavy (non-hydrogen) atoms. The maximum absolute atomic E-state index is 12.6. The maximum Gasteiger partial charge on any atom is 0.341 e. The van der Waals surface area contributed by atoms with Crippen LogP contribution in [0.2, 0.25) is 0 Å². The fourth-order valence-corrected chi connectivity index (χ4v) is 3.91. The Balaban J connectivity index is 1.70. The smallest absolute Gasteiger partial charge is 0.341 e. The van der Waals surface area contributed by atoms with Crippen molar-refractivity contribution in [2.24, 2.45) is 0 Å². The number of anilines is 2. The van der Waals surface area contributed by atoms with Crippen molar-refractivity contribution in [1.29, 1.82) is 0 Å². The summed E-state index contributed by atoms with van der Waals surface area (Å²) in [7, 11) is -4.64. The van der Waals surface area contributed by atoms with Crippen LogP contribution in [0.1, 0.15) is 18.9 Å². The topological polar surface area (TPSA) is 66.5 Å². The Hall–Kier alpha value is -2.48. The summed E-state index contributed by atoms with van der Waals surface area (Å²) in [5, 5.41) is 2.69. The minimum absolute atomic E-state index is 0.148. The number of fused-ring (bicyclic) bond motifs is 1. The Kier molecular flexibility index (Phi) is 5.46. The molecular formula is C19H20F2N2O3S. The first kappa shape index (κ1) is 19.3. The van der Waals surface area contributed by atoms with E-state index in [0.717, 1.165) is 30.7 Å². The predicted molar refractivity (Wildman–Crippen MR) is 99.8 cm³/mol. The van der Waals surface area contributed by atoms with Gasteiger partial charge in [-0.25, -0.2) is 8.42 Å². The largest absolute Gasteiger partial charge is 0.359 e. The van der Waals surface area contributed by atoms with E-state index in [-0.39, 0.29) is 18.5 Å². The summed E-state index contributed by atoms with van der Waals surface area (Å²) in [6, 6.07) is 12.9. The third-order valence-corrected chi connectivity index (χ3v) is 6.08. The van der Waals surface area contributed by atoms with Gasteiger partial charge in [0.25, 0.3) is 0 Å². The molecular weight excluding hydrogens is 374 g/mol. The lowest BCUT2D eigenvalue weighted by Gasteiger charge is -2.36. The van der Waals surface area contributed by atoms with Gasteiger partial charge in [-0.1, -0.05) is 18.2 Å². The van der Waals surface area contributed by atoms with Crippen molar-refractivity contribution in [3.8, 4) is 0 Å². The molecule has 0 spiro atoms. The number of sulfone groups is 1. The van der Waals surface area contributed by atoms with Crippen LogP contribution in [-0.2, 0) is 21.1 Å². The summed E-state index contributed by atoms with van der Waals surface area (Å²) in [5.74, 6) is -3.73. The zero-order chi connectivity index (χ0) is 19.6. The number of nitrogens with zero attached hydrogens (tertiary/aromatic N) is 1. The SMILES string of the molecule is C[C@H]1CCc2ccccc2N1CC(=O)Nc1ccc(S(=O)(=O)C(F)F)cc1. The average molecular weight is 394 g/mol. The van der Waals surface area contributed by atoms with Crippen LogP contribution in [0.3, 0.4) is 0 Å². The van der Waals surface area contributed by atoms with E-state index in [1.54, 1.807) is 0 Å². The molecule has 144 valence electrons. The Labute approximate surface area is 156 Å². The van der Waals surface area contributed by atoms with Gasteiger partial charge in [-0.2, -0.15) is 8.78 Å². The second-order valence-corrected chi connectivity index (χ2v) is 8.44. The Morgan fingerprint density at radius 3 is 2.52 bits per heavy atom. The summed E-state index contributed by atoms with van der Waals surface area (Å²) < 4.78 is 48.0. The molecule has 0 aromatic heterocycles. The third-order valence-electron chi connectivity index (χ3n) is 4.68. The standard InChI is InChI=1S/C19H20F2N2O3S/c1-13-6-7-14-4-2-3-5-17(14)23(13)12-18(24)22-15-8-10-16(11-9-15)27(25,26)19(20)21/h2-5,8-11,13,19H,6-7,12H2,1H3,(H,22,24)/t13-/m0/s1. The van der Waals surface area contributed by atoms with Crippen LogP contribution in [0.15, 0.2) is 53.4 Å². The molecule has 3 rings (SSSR count). The van der Waals surface area contributed by atoms with Crippen molar-refractivity contribution in [3.63, 3.8) is 0 Å². The van der Waals surface area contributed by atoms with E-state index in [9.17, 15) is 22.0 Å². The van der Waals surface area contributed by atoms with Gasteiger partial charge in [0.2, 0.25) is 15.7 Å². The lowest BCUT2D eigenvalue weighted by molar-refractivity contribution is -0.115. The first-order valence-corrected chi connectivity index (χ1v) is 10.1. The molecule has 8 heteroatoms. The lowest BCUT2D eigenvalue weighted by atomic mass is 9.96. The number of carbonyl (C=O) groups is 1. The van der Waals surface area contributed by atoms with Crippen LogP contribution in [-0.4, -0.2) is 32.7 Å². The van der Waals surface area contributed by atoms with Crippen molar-refractivity contribution >= 4 is 27.1 Å². The van der Waals surface area contributed by atoms with Crippen LogP contribution < -0.4 is 10.2 Å². The number of rotatable bonds is 5. The second kappa shape index (κ2) is 7.64. The zero-order valence-electron chi connectivity index (χ0n) is 14.7. The number of aryl methyl sites for hydroxylation is 1. The van der Waals surface area contributed by atoms with Crippen molar-refractivity contribution in [2.75, 3.05) is 16.8 Å². The number of hydrogen-bond donors (Lipinski definition) is 1. The van der Waals surface area contributed by atoms with Crippen molar-refractivity contribution in [2.45, 2.75) is 36.5 Å². The number of halogens is 2. The van der Waals surface area contributed by atoms with E-state index in [1.807, 2.05) is 29.2 Å². The normalized spacial score (nSPS) is 16.9. The molecule has 2 aromatic rings. The number of hydrogen-bond acceptors (Lipinski definition) is 4. The van der Waals surface area contributed by atoms with Crippen LogP contribution in [0.5, 0.6) is 0 Å². The van der Waals surface area contributed by atoms with Gasteiger partial charge in [0, 0.05) is 17.4 Å². The fraction of sp³-hybridized carbons (Fsp3) is 0.316. The van der Waals surface area contributed by atoms with Crippen molar-refractivity contribution < 1.29 is 22.0 Å². The summed E-state index contributed by atoms with van der Waals surface area (Å²) in [6.45, 7) is 2.21. The van der Waals surface area contributed by atoms with Gasteiger partial charge >= 0.3 is 5.76 Å². The molecule has 1 atom stereocenters. The van der Waals surface area contributed by atoms with E-state index in [1.165, 1.54) is 17.7 Å². The highest BCUT2D eigenvalue weighted by molar-refractivity contribution is 7.91. The quantitative estimate of drug-likeness (QED) is 0.843. The lowest BCUT2D eigenvalue weighted by Crippen LogP contribution is -2.42. The van der Waals surface area contributed by atoms with Gasteiger partial charge in [-0.3, -0.25) is 4.79 Å². The van der Waals surface area contributed by atoms with E-state index in [2.05, 4.69) is 12.2 Å². The molecule has 0 saturated carbocycles. The summed E-state index contributed by atoms with van der Waals surface area (Å²) in [6.07, 6.45) is 1.92. The third kappa shape index (κ3) is 4.10. The van der Waals surface area contributed by atoms with Gasteiger partial charge in [-0.05, 0) is 55.7 Å². The zero-order valence-corrected chi connectivity index (χ0v) is 15.5. The molecule has 1 heterocycles. The predicted octanol–water partition coefficient (Wildman–Crippen LogP) is 3.46. The molecule has 0 radical (unpaired) electrons. The van der Waals surface area contributed by atoms with Crippen molar-refractivity contribution in [3.05, 3.63) is 54.1 Å². The molecule has 0 unspecified atom stereocenters. The van der Waals surface area contributed by atoms with Crippen LogP contribution in [0.25, 0.3) is 0 Å². The Morgan fingerprint density at radius 2 is 1.85 bits per heavy atom. The number of alkyl halides is 2. The van der Waals surface area contributed by atoms with Crippen LogP contribution in [0.4, 0.5) is 20.2 Å². The number of nitrogens with one attached hydrogen (secondary N) is 1.